The third-order valence-corrected chi connectivity index (χ3v) is 3.67. The Morgan fingerprint density at radius 1 is 1.20 bits per heavy atom. The van der Waals surface area contributed by atoms with Gasteiger partial charge in [0.25, 0.3) is 6.47 Å². The van der Waals surface area contributed by atoms with Crippen molar-refractivity contribution in [1.29, 1.82) is 0 Å². The predicted molar refractivity (Wildman–Crippen MR) is 92.6 cm³/mol. The second kappa shape index (κ2) is 9.33. The molecule has 0 aliphatic heterocycles. The van der Waals surface area contributed by atoms with E-state index in [2.05, 4.69) is 51.5 Å². The van der Waals surface area contributed by atoms with Crippen LogP contribution in [0.3, 0.4) is 0 Å². The van der Waals surface area contributed by atoms with Gasteiger partial charge < -0.3 is 9.67 Å². The van der Waals surface area contributed by atoms with Gasteiger partial charge in [-0.3, -0.25) is 14.4 Å². The number of carbonyl (C=O) groups is 1. The van der Waals surface area contributed by atoms with Crippen molar-refractivity contribution in [3.05, 3.63) is 66.0 Å². The van der Waals surface area contributed by atoms with E-state index < -0.39 is 0 Å². The summed E-state index contributed by atoms with van der Waals surface area (Å²) >= 11 is 0. The molecule has 0 spiro atoms. The van der Waals surface area contributed by atoms with Crippen molar-refractivity contribution < 1.29 is 9.90 Å². The Morgan fingerprint density at radius 2 is 1.92 bits per heavy atom. The molecule has 2 heterocycles. The van der Waals surface area contributed by atoms with E-state index in [0.717, 1.165) is 25.5 Å². The normalized spacial score (nSPS) is 10.4. The second-order valence-electron chi connectivity index (χ2n) is 5.61. The zero-order valence-electron chi connectivity index (χ0n) is 14.4. The van der Waals surface area contributed by atoms with Crippen molar-refractivity contribution in [2.75, 3.05) is 7.05 Å². The molecule has 1 aromatic carbocycles. The quantitative estimate of drug-likeness (QED) is 0.681. The van der Waals surface area contributed by atoms with E-state index >= 15 is 0 Å². The molecule has 0 atom stereocenters. The first-order chi connectivity index (χ1) is 12.1. The van der Waals surface area contributed by atoms with Crippen molar-refractivity contribution in [1.82, 2.24) is 29.4 Å². The zero-order chi connectivity index (χ0) is 18.1. The Labute approximate surface area is 146 Å². The van der Waals surface area contributed by atoms with E-state index in [-0.39, 0.29) is 6.47 Å². The van der Waals surface area contributed by atoms with Gasteiger partial charge in [-0.2, -0.15) is 5.10 Å². The number of nitrogens with zero attached hydrogens (tertiary/aromatic N) is 6. The summed E-state index contributed by atoms with van der Waals surface area (Å²) < 4.78 is 3.90. The molecule has 0 bridgehead atoms. The number of aromatic nitrogens is 5. The van der Waals surface area contributed by atoms with Crippen LogP contribution in [0.2, 0.25) is 0 Å². The Hall–Kier alpha value is -3.00. The molecule has 0 radical (unpaired) electrons. The number of benzene rings is 1. The number of hydrogen-bond donors (Lipinski definition) is 1. The molecule has 0 fully saturated rings. The summed E-state index contributed by atoms with van der Waals surface area (Å²) in [5.74, 6) is 0.965. The minimum atomic E-state index is -0.250. The molecular formula is C17H22N6O2. The van der Waals surface area contributed by atoms with Crippen LogP contribution in [0.5, 0.6) is 0 Å². The molecule has 0 saturated carbocycles. The number of rotatable bonds is 6. The molecule has 8 nitrogen and oxygen atoms in total. The van der Waals surface area contributed by atoms with Crippen LogP contribution in [0.25, 0.3) is 0 Å². The fourth-order valence-electron chi connectivity index (χ4n) is 2.47. The lowest BCUT2D eigenvalue weighted by molar-refractivity contribution is -0.122. The summed E-state index contributed by atoms with van der Waals surface area (Å²) in [5, 5.41) is 19.2. The summed E-state index contributed by atoms with van der Waals surface area (Å²) in [6, 6.07) is 10.4. The van der Waals surface area contributed by atoms with E-state index in [9.17, 15) is 0 Å². The third-order valence-electron chi connectivity index (χ3n) is 3.67. The number of carboxylic acid groups (broad SMARTS) is 1. The van der Waals surface area contributed by atoms with Crippen LogP contribution >= 0.6 is 0 Å². The maximum Gasteiger partial charge on any atom is 0.290 e. The molecule has 2 aromatic heterocycles. The first-order valence-electron chi connectivity index (χ1n) is 7.77. The van der Waals surface area contributed by atoms with Gasteiger partial charge in [-0.05, 0) is 24.2 Å². The van der Waals surface area contributed by atoms with Crippen LogP contribution in [-0.2, 0) is 31.5 Å². The molecule has 0 amide bonds. The highest BCUT2D eigenvalue weighted by atomic mass is 16.3. The van der Waals surface area contributed by atoms with Crippen molar-refractivity contribution >= 4 is 6.47 Å². The van der Waals surface area contributed by atoms with Crippen molar-refractivity contribution in [2.24, 2.45) is 7.05 Å². The fraction of sp³-hybridized carbons (Fsp3) is 0.294. The summed E-state index contributed by atoms with van der Waals surface area (Å²) in [6.45, 7) is 2.18. The highest BCUT2D eigenvalue weighted by Gasteiger charge is 2.09. The average Bonchev–Trinajstić information content (AvgIpc) is 3.23. The van der Waals surface area contributed by atoms with Gasteiger partial charge >= 0.3 is 0 Å². The van der Waals surface area contributed by atoms with E-state index in [4.69, 9.17) is 9.90 Å². The molecule has 0 saturated heterocycles. The largest absolute Gasteiger partial charge is 0.483 e. The molecule has 0 unspecified atom stereocenters. The third kappa shape index (κ3) is 5.54. The molecule has 3 aromatic rings. The van der Waals surface area contributed by atoms with Crippen LogP contribution in [0.1, 0.15) is 17.0 Å². The van der Waals surface area contributed by atoms with Crippen molar-refractivity contribution in [2.45, 2.75) is 19.6 Å². The molecule has 132 valence electrons. The molecule has 0 aliphatic rings. The van der Waals surface area contributed by atoms with Crippen molar-refractivity contribution in [3.8, 4) is 0 Å². The molecule has 1 N–H and O–H groups in total. The van der Waals surface area contributed by atoms with Crippen LogP contribution in [-0.4, -0.2) is 48.1 Å². The van der Waals surface area contributed by atoms with Crippen LogP contribution in [0, 0.1) is 0 Å². The maximum absolute atomic E-state index is 8.36. The summed E-state index contributed by atoms with van der Waals surface area (Å²) in [4.78, 5) is 10.6. The van der Waals surface area contributed by atoms with Gasteiger partial charge in [-0.25, -0.2) is 0 Å². The van der Waals surface area contributed by atoms with E-state index in [1.165, 1.54) is 11.1 Å². The average molecular weight is 342 g/mol. The smallest absolute Gasteiger partial charge is 0.290 e. The lowest BCUT2D eigenvalue weighted by Gasteiger charge is -2.18. The standard InChI is InChI=1S/C16H20N6.CH2O2/c1-20(12-16-19-17-13-21(16)2)10-14-6-3-4-7-15(14)11-22-9-5-8-18-22;2-1-3/h3-9,13H,10-12H2,1-2H3;1H,(H,2,3). The highest BCUT2D eigenvalue weighted by molar-refractivity contribution is 5.32. The van der Waals surface area contributed by atoms with Crippen LogP contribution in [0.4, 0.5) is 0 Å². The Kier molecular flexibility index (Phi) is 6.85. The maximum atomic E-state index is 8.36. The van der Waals surface area contributed by atoms with Gasteiger partial charge in [0.15, 0.2) is 0 Å². The fourth-order valence-corrected chi connectivity index (χ4v) is 2.47. The Bertz CT molecular complexity index is 769. The summed E-state index contributed by atoms with van der Waals surface area (Å²) in [7, 11) is 4.06. The monoisotopic (exact) mass is 342 g/mol. The number of hydrogen-bond acceptors (Lipinski definition) is 5. The second-order valence-corrected chi connectivity index (χ2v) is 5.61. The first kappa shape index (κ1) is 18.3. The molecule has 8 heteroatoms. The molecule has 25 heavy (non-hydrogen) atoms. The van der Waals surface area contributed by atoms with E-state index in [1.807, 2.05) is 34.8 Å². The lowest BCUT2D eigenvalue weighted by atomic mass is 10.1. The lowest BCUT2D eigenvalue weighted by Crippen LogP contribution is -2.20. The SMILES string of the molecule is CN(Cc1ccccc1Cn1cccn1)Cc1nncn1C.O=CO. The van der Waals surface area contributed by atoms with Crippen molar-refractivity contribution in [3.63, 3.8) is 0 Å². The predicted octanol–water partition coefficient (Wildman–Crippen LogP) is 1.39. The highest BCUT2D eigenvalue weighted by Crippen LogP contribution is 2.13. The van der Waals surface area contributed by atoms with Gasteiger partial charge in [0.2, 0.25) is 0 Å². The molecule has 0 aliphatic carbocycles. The molecule has 3 rings (SSSR count). The minimum absolute atomic E-state index is 0.250. The topological polar surface area (TPSA) is 89.1 Å². The Morgan fingerprint density at radius 3 is 2.52 bits per heavy atom. The van der Waals surface area contributed by atoms with Crippen LogP contribution in [0.15, 0.2) is 49.1 Å². The summed E-state index contributed by atoms with van der Waals surface area (Å²) in [6.07, 6.45) is 5.53. The van der Waals surface area contributed by atoms with E-state index in [0.29, 0.717) is 0 Å². The van der Waals surface area contributed by atoms with E-state index in [1.54, 1.807) is 6.33 Å². The van der Waals surface area contributed by atoms with Gasteiger partial charge in [0.1, 0.15) is 12.2 Å². The first-order valence-corrected chi connectivity index (χ1v) is 7.77. The van der Waals surface area contributed by atoms with Crippen LogP contribution < -0.4 is 0 Å². The Balaban J connectivity index is 0.000000701. The zero-order valence-corrected chi connectivity index (χ0v) is 14.4. The van der Waals surface area contributed by atoms with Gasteiger partial charge in [0.05, 0.1) is 13.1 Å². The van der Waals surface area contributed by atoms with Gasteiger partial charge in [-0.1, -0.05) is 24.3 Å². The van der Waals surface area contributed by atoms with Gasteiger partial charge in [-0.15, -0.1) is 10.2 Å². The minimum Gasteiger partial charge on any atom is -0.483 e. The summed E-state index contributed by atoms with van der Waals surface area (Å²) in [5.41, 5.74) is 2.60. The number of aryl methyl sites for hydroxylation is 1. The molecular weight excluding hydrogens is 320 g/mol. The van der Waals surface area contributed by atoms with Gasteiger partial charge in [0, 0.05) is 26.0 Å².